The smallest absolute Gasteiger partial charge is 0.258 e. The highest BCUT2D eigenvalue weighted by Gasteiger charge is 2.43. The third-order valence-corrected chi connectivity index (χ3v) is 4.14. The normalized spacial score (nSPS) is 26.3. The van der Waals surface area contributed by atoms with Gasteiger partial charge in [0.1, 0.15) is 6.04 Å². The largest absolute Gasteiger partial charge is 0.513 e. The summed E-state index contributed by atoms with van der Waals surface area (Å²) >= 11 is 0. The molecular weight excluding hydrogens is 300 g/mol. The minimum Gasteiger partial charge on any atom is -0.513 e. The SMILES string of the molecule is C=C(O)C[C@@H](C)NC(=O)[C@@H]1CCCN2C(=O)CC[C@H](N)C(=O)N12. The van der Waals surface area contributed by atoms with Crippen molar-refractivity contribution in [3.63, 3.8) is 0 Å². The molecule has 0 aromatic heterocycles. The van der Waals surface area contributed by atoms with Gasteiger partial charge in [-0.05, 0) is 26.2 Å². The molecule has 2 heterocycles. The van der Waals surface area contributed by atoms with E-state index in [1.54, 1.807) is 6.92 Å². The molecule has 2 rings (SSSR count). The highest BCUT2D eigenvalue weighted by atomic mass is 16.3. The van der Waals surface area contributed by atoms with Crippen LogP contribution in [0, 0.1) is 0 Å². The van der Waals surface area contributed by atoms with Crippen LogP contribution in [0.25, 0.3) is 0 Å². The van der Waals surface area contributed by atoms with Gasteiger partial charge in [-0.25, -0.2) is 5.01 Å². The minimum absolute atomic E-state index is 0.0221. The van der Waals surface area contributed by atoms with Crippen LogP contribution in [0.3, 0.4) is 0 Å². The number of rotatable bonds is 4. The number of aliphatic hydroxyl groups excluding tert-OH is 1. The Labute approximate surface area is 135 Å². The molecule has 0 spiro atoms. The number of hydrogen-bond acceptors (Lipinski definition) is 5. The van der Waals surface area contributed by atoms with E-state index in [2.05, 4.69) is 11.9 Å². The van der Waals surface area contributed by atoms with Gasteiger partial charge in [0.25, 0.3) is 5.91 Å². The second-order valence-corrected chi connectivity index (χ2v) is 6.18. The summed E-state index contributed by atoms with van der Waals surface area (Å²) in [6.45, 7) is 5.55. The van der Waals surface area contributed by atoms with Crippen LogP contribution in [-0.2, 0) is 14.4 Å². The number of hydrazine groups is 1. The van der Waals surface area contributed by atoms with Gasteiger partial charge in [-0.1, -0.05) is 6.58 Å². The van der Waals surface area contributed by atoms with E-state index >= 15 is 0 Å². The number of amides is 3. The summed E-state index contributed by atoms with van der Waals surface area (Å²) in [7, 11) is 0. The van der Waals surface area contributed by atoms with Crippen LogP contribution in [0.15, 0.2) is 12.3 Å². The molecule has 23 heavy (non-hydrogen) atoms. The lowest BCUT2D eigenvalue weighted by molar-refractivity contribution is -0.175. The first-order valence-electron chi connectivity index (χ1n) is 7.87. The Bertz CT molecular complexity index is 522. The Morgan fingerprint density at radius 1 is 1.48 bits per heavy atom. The highest BCUT2D eigenvalue weighted by Crippen LogP contribution is 2.24. The summed E-state index contributed by atoms with van der Waals surface area (Å²) in [6.07, 6.45) is 1.84. The first-order chi connectivity index (χ1) is 10.8. The number of fused-ring (bicyclic) bond motifs is 1. The van der Waals surface area contributed by atoms with Gasteiger partial charge in [0.2, 0.25) is 11.8 Å². The van der Waals surface area contributed by atoms with Crippen LogP contribution in [0.5, 0.6) is 0 Å². The van der Waals surface area contributed by atoms with Gasteiger partial charge in [0, 0.05) is 25.4 Å². The Morgan fingerprint density at radius 3 is 2.83 bits per heavy atom. The molecule has 3 amide bonds. The van der Waals surface area contributed by atoms with Crippen LogP contribution in [0.2, 0.25) is 0 Å². The van der Waals surface area contributed by atoms with Crippen LogP contribution < -0.4 is 11.1 Å². The molecule has 0 aromatic carbocycles. The van der Waals surface area contributed by atoms with Crippen molar-refractivity contribution in [2.45, 2.75) is 57.2 Å². The van der Waals surface area contributed by atoms with Crippen molar-refractivity contribution in [3.8, 4) is 0 Å². The topological polar surface area (TPSA) is 116 Å². The highest BCUT2D eigenvalue weighted by molar-refractivity contribution is 5.93. The number of nitrogens with two attached hydrogens (primary N) is 1. The number of nitrogens with zero attached hydrogens (tertiary/aromatic N) is 2. The Hall–Kier alpha value is -2.09. The van der Waals surface area contributed by atoms with Crippen molar-refractivity contribution >= 4 is 17.7 Å². The number of aliphatic hydroxyl groups is 1. The minimum atomic E-state index is -0.771. The molecule has 8 heteroatoms. The van der Waals surface area contributed by atoms with Gasteiger partial charge in [-0.15, -0.1) is 0 Å². The summed E-state index contributed by atoms with van der Waals surface area (Å²) in [5.41, 5.74) is 5.83. The lowest BCUT2D eigenvalue weighted by Gasteiger charge is -2.42. The van der Waals surface area contributed by atoms with Gasteiger partial charge in [0.05, 0.1) is 11.8 Å². The van der Waals surface area contributed by atoms with E-state index in [1.165, 1.54) is 10.0 Å². The fourth-order valence-corrected chi connectivity index (χ4v) is 3.04. The molecule has 2 aliphatic heterocycles. The molecule has 2 saturated heterocycles. The quantitative estimate of drug-likeness (QED) is 0.620. The number of carbonyl (C=O) groups is 3. The van der Waals surface area contributed by atoms with Gasteiger partial charge in [-0.2, -0.15) is 0 Å². The molecule has 0 unspecified atom stereocenters. The summed E-state index contributed by atoms with van der Waals surface area (Å²) < 4.78 is 0. The fourth-order valence-electron chi connectivity index (χ4n) is 3.04. The molecule has 4 N–H and O–H groups in total. The zero-order chi connectivity index (χ0) is 17.1. The zero-order valence-electron chi connectivity index (χ0n) is 13.3. The molecule has 8 nitrogen and oxygen atoms in total. The average molecular weight is 324 g/mol. The molecule has 0 bridgehead atoms. The van der Waals surface area contributed by atoms with Gasteiger partial charge in [-0.3, -0.25) is 19.4 Å². The van der Waals surface area contributed by atoms with E-state index in [0.717, 1.165) is 0 Å². The van der Waals surface area contributed by atoms with Crippen molar-refractivity contribution in [2.24, 2.45) is 5.73 Å². The second-order valence-electron chi connectivity index (χ2n) is 6.18. The molecule has 0 aromatic rings. The van der Waals surface area contributed by atoms with E-state index < -0.39 is 18.0 Å². The summed E-state index contributed by atoms with van der Waals surface area (Å²) in [5, 5.41) is 14.5. The van der Waals surface area contributed by atoms with Crippen molar-refractivity contribution in [3.05, 3.63) is 12.3 Å². The molecule has 0 radical (unpaired) electrons. The van der Waals surface area contributed by atoms with Gasteiger partial charge < -0.3 is 16.2 Å². The number of carbonyl (C=O) groups excluding carboxylic acids is 3. The monoisotopic (exact) mass is 324 g/mol. The Kier molecular flexibility index (Phi) is 5.25. The Morgan fingerprint density at radius 2 is 2.17 bits per heavy atom. The lowest BCUT2D eigenvalue weighted by Crippen LogP contribution is -2.63. The van der Waals surface area contributed by atoms with Crippen LogP contribution >= 0.6 is 0 Å². The van der Waals surface area contributed by atoms with Crippen LogP contribution in [0.1, 0.15) is 39.0 Å². The van der Waals surface area contributed by atoms with Gasteiger partial charge >= 0.3 is 0 Å². The Balaban J connectivity index is 2.16. The fraction of sp³-hybridized carbons (Fsp3) is 0.667. The third-order valence-electron chi connectivity index (χ3n) is 4.14. The first-order valence-corrected chi connectivity index (χ1v) is 7.87. The summed E-state index contributed by atoms with van der Waals surface area (Å²) in [6, 6.07) is -1.84. The van der Waals surface area contributed by atoms with Crippen LogP contribution in [-0.4, -0.2) is 57.5 Å². The standard InChI is InChI=1S/C15H24N4O4/c1-9(8-10(2)20)17-14(22)12-4-3-7-18-13(21)6-5-11(16)15(23)19(12)18/h9,11-12,20H,2-8,16H2,1H3,(H,17,22)/t9-,11+,12+/m1/s1. The molecule has 2 aliphatic rings. The predicted molar refractivity (Wildman–Crippen MR) is 82.8 cm³/mol. The summed E-state index contributed by atoms with van der Waals surface area (Å²) in [4.78, 5) is 37.2. The van der Waals surface area contributed by atoms with Gasteiger partial charge in [0.15, 0.2) is 0 Å². The summed E-state index contributed by atoms with van der Waals surface area (Å²) in [5.74, 6) is -0.944. The van der Waals surface area contributed by atoms with E-state index in [4.69, 9.17) is 5.73 Å². The molecule has 0 saturated carbocycles. The maximum absolute atomic E-state index is 12.5. The number of nitrogens with one attached hydrogen (secondary N) is 1. The van der Waals surface area contributed by atoms with E-state index in [9.17, 15) is 19.5 Å². The predicted octanol–water partition coefficient (Wildman–Crippen LogP) is -0.191. The number of hydrogen-bond donors (Lipinski definition) is 3. The third kappa shape index (κ3) is 3.82. The second kappa shape index (κ2) is 6.99. The molecule has 0 aliphatic carbocycles. The maximum atomic E-state index is 12.5. The molecule has 128 valence electrons. The van der Waals surface area contributed by atoms with Crippen molar-refractivity contribution in [1.29, 1.82) is 0 Å². The zero-order valence-corrected chi connectivity index (χ0v) is 13.3. The van der Waals surface area contributed by atoms with Crippen molar-refractivity contribution in [1.82, 2.24) is 15.3 Å². The van der Waals surface area contributed by atoms with E-state index in [0.29, 0.717) is 25.8 Å². The van der Waals surface area contributed by atoms with E-state index in [-0.39, 0.29) is 36.5 Å². The molecule has 3 atom stereocenters. The lowest BCUT2D eigenvalue weighted by atomic mass is 10.1. The maximum Gasteiger partial charge on any atom is 0.258 e. The average Bonchev–Trinajstić information content (AvgIpc) is 2.59. The first kappa shape index (κ1) is 17.3. The molecular formula is C15H24N4O4. The van der Waals surface area contributed by atoms with Crippen LogP contribution in [0.4, 0.5) is 0 Å². The van der Waals surface area contributed by atoms with Crippen molar-refractivity contribution in [2.75, 3.05) is 6.54 Å². The van der Waals surface area contributed by atoms with E-state index in [1.807, 2.05) is 0 Å². The van der Waals surface area contributed by atoms with Crippen molar-refractivity contribution < 1.29 is 19.5 Å². The molecule has 2 fully saturated rings.